The van der Waals surface area contributed by atoms with Gasteiger partial charge in [-0.25, -0.2) is 4.79 Å². The number of carboxylic acids is 1. The summed E-state index contributed by atoms with van der Waals surface area (Å²) in [5.41, 5.74) is 4.08. The van der Waals surface area contributed by atoms with Crippen LogP contribution in [0.1, 0.15) is 44.4 Å². The SMILES string of the molecule is CC=CC=C(C(=O)O)c1ccc(-c2ccc(CCCCC)cc2)cn1. The van der Waals surface area contributed by atoms with E-state index in [0.717, 1.165) is 17.5 Å². The topological polar surface area (TPSA) is 50.2 Å². The van der Waals surface area contributed by atoms with Crippen molar-refractivity contribution in [2.45, 2.75) is 39.5 Å². The third-order valence-corrected chi connectivity index (χ3v) is 4.08. The first kappa shape index (κ1) is 18.7. The average molecular weight is 335 g/mol. The lowest BCUT2D eigenvalue weighted by atomic mass is 10.0. The number of carbonyl (C=O) groups is 1. The first-order valence-corrected chi connectivity index (χ1v) is 8.77. The molecule has 0 aliphatic rings. The van der Waals surface area contributed by atoms with Gasteiger partial charge in [-0.05, 0) is 43.0 Å². The fraction of sp³-hybridized carbons (Fsp3) is 0.273. The van der Waals surface area contributed by atoms with E-state index in [0.29, 0.717) is 5.69 Å². The number of aromatic nitrogens is 1. The molecule has 0 atom stereocenters. The molecule has 0 radical (unpaired) electrons. The van der Waals surface area contributed by atoms with Crippen molar-refractivity contribution >= 4 is 11.5 Å². The van der Waals surface area contributed by atoms with Crippen molar-refractivity contribution in [2.24, 2.45) is 0 Å². The van der Waals surface area contributed by atoms with Crippen LogP contribution in [0.4, 0.5) is 0 Å². The Kier molecular flexibility index (Phi) is 7.15. The van der Waals surface area contributed by atoms with Gasteiger partial charge in [0.25, 0.3) is 0 Å². The van der Waals surface area contributed by atoms with Crippen LogP contribution in [0, 0.1) is 0 Å². The summed E-state index contributed by atoms with van der Waals surface area (Å²) in [7, 11) is 0. The average Bonchev–Trinajstić information content (AvgIpc) is 2.63. The third-order valence-electron chi connectivity index (χ3n) is 4.08. The van der Waals surface area contributed by atoms with E-state index in [2.05, 4.69) is 36.2 Å². The van der Waals surface area contributed by atoms with Crippen molar-refractivity contribution in [2.75, 3.05) is 0 Å². The Morgan fingerprint density at radius 1 is 1.08 bits per heavy atom. The van der Waals surface area contributed by atoms with Crippen molar-refractivity contribution in [3.8, 4) is 11.1 Å². The maximum atomic E-state index is 11.4. The number of hydrogen-bond donors (Lipinski definition) is 1. The van der Waals surface area contributed by atoms with Gasteiger partial charge in [0.15, 0.2) is 0 Å². The normalized spacial score (nSPS) is 11.8. The molecular formula is C22H25NO2. The maximum Gasteiger partial charge on any atom is 0.337 e. The Balaban J connectivity index is 2.15. The van der Waals surface area contributed by atoms with E-state index >= 15 is 0 Å². The Morgan fingerprint density at radius 2 is 1.80 bits per heavy atom. The van der Waals surface area contributed by atoms with E-state index < -0.39 is 5.97 Å². The van der Waals surface area contributed by atoms with Crippen molar-refractivity contribution in [3.05, 3.63) is 72.1 Å². The highest BCUT2D eigenvalue weighted by molar-refractivity contribution is 6.15. The molecule has 3 heteroatoms. The standard InChI is InChI=1S/C22H25NO2/c1-3-5-7-8-17-10-12-18(13-11-17)19-14-15-21(23-16-19)20(22(24)25)9-6-4-2/h4,6,9-16H,3,5,7-8H2,1-2H3,(H,24,25). The molecule has 0 saturated heterocycles. The van der Waals surface area contributed by atoms with Gasteiger partial charge < -0.3 is 5.11 Å². The van der Waals surface area contributed by atoms with Gasteiger partial charge >= 0.3 is 5.97 Å². The highest BCUT2D eigenvalue weighted by Gasteiger charge is 2.11. The zero-order chi connectivity index (χ0) is 18.1. The fourth-order valence-electron chi connectivity index (χ4n) is 2.63. The number of benzene rings is 1. The molecule has 2 aromatic rings. The number of aryl methyl sites for hydroxylation is 1. The monoisotopic (exact) mass is 335 g/mol. The smallest absolute Gasteiger partial charge is 0.337 e. The minimum atomic E-state index is -0.977. The molecule has 1 aromatic heterocycles. The molecule has 0 fully saturated rings. The lowest BCUT2D eigenvalue weighted by molar-refractivity contribution is -0.130. The molecule has 0 aliphatic carbocycles. The zero-order valence-corrected chi connectivity index (χ0v) is 14.9. The molecule has 0 unspecified atom stereocenters. The molecule has 3 nitrogen and oxygen atoms in total. The van der Waals surface area contributed by atoms with Gasteiger partial charge in [0, 0.05) is 11.8 Å². The van der Waals surface area contributed by atoms with Crippen molar-refractivity contribution in [1.82, 2.24) is 4.98 Å². The van der Waals surface area contributed by atoms with Crippen LogP contribution in [0.3, 0.4) is 0 Å². The molecule has 0 bridgehead atoms. The molecule has 0 amide bonds. The molecule has 25 heavy (non-hydrogen) atoms. The second-order valence-electron chi connectivity index (χ2n) is 6.00. The second kappa shape index (κ2) is 9.58. The van der Waals surface area contributed by atoms with Crippen LogP contribution >= 0.6 is 0 Å². The van der Waals surface area contributed by atoms with Gasteiger partial charge in [0.1, 0.15) is 0 Å². The highest BCUT2D eigenvalue weighted by atomic mass is 16.4. The first-order valence-electron chi connectivity index (χ1n) is 8.77. The summed E-state index contributed by atoms with van der Waals surface area (Å²) in [4.78, 5) is 15.7. The van der Waals surface area contributed by atoms with Crippen LogP contribution in [-0.2, 0) is 11.2 Å². The fourth-order valence-corrected chi connectivity index (χ4v) is 2.63. The van der Waals surface area contributed by atoms with Gasteiger partial charge in [-0.2, -0.15) is 0 Å². The molecule has 1 aromatic carbocycles. The Morgan fingerprint density at radius 3 is 2.36 bits per heavy atom. The molecular weight excluding hydrogens is 310 g/mol. The number of pyridine rings is 1. The summed E-state index contributed by atoms with van der Waals surface area (Å²) in [5.74, 6) is -0.977. The Hall–Kier alpha value is -2.68. The van der Waals surface area contributed by atoms with Crippen LogP contribution in [0.2, 0.25) is 0 Å². The predicted molar refractivity (Wildman–Crippen MR) is 103 cm³/mol. The van der Waals surface area contributed by atoms with Crippen molar-refractivity contribution < 1.29 is 9.90 Å². The Bertz CT molecular complexity index is 741. The quantitative estimate of drug-likeness (QED) is 0.392. The summed E-state index contributed by atoms with van der Waals surface area (Å²) in [6.07, 6.45) is 11.6. The maximum absolute atomic E-state index is 11.4. The van der Waals surface area contributed by atoms with Crippen LogP contribution < -0.4 is 0 Å². The minimum absolute atomic E-state index is 0.191. The molecule has 0 saturated carbocycles. The minimum Gasteiger partial charge on any atom is -0.478 e. The number of nitrogens with zero attached hydrogens (tertiary/aromatic N) is 1. The van der Waals surface area contributed by atoms with E-state index in [-0.39, 0.29) is 5.57 Å². The van der Waals surface area contributed by atoms with Crippen LogP contribution in [-0.4, -0.2) is 16.1 Å². The third kappa shape index (κ3) is 5.42. The number of aliphatic carboxylic acids is 1. The largest absolute Gasteiger partial charge is 0.478 e. The van der Waals surface area contributed by atoms with E-state index in [4.69, 9.17) is 0 Å². The molecule has 0 spiro atoms. The van der Waals surface area contributed by atoms with Crippen LogP contribution in [0.5, 0.6) is 0 Å². The van der Waals surface area contributed by atoms with Crippen molar-refractivity contribution in [1.29, 1.82) is 0 Å². The summed E-state index contributed by atoms with van der Waals surface area (Å²) in [5, 5.41) is 9.32. The summed E-state index contributed by atoms with van der Waals surface area (Å²) in [6, 6.07) is 12.2. The van der Waals surface area contributed by atoms with Gasteiger partial charge in [0.2, 0.25) is 0 Å². The van der Waals surface area contributed by atoms with Gasteiger partial charge in [-0.3, -0.25) is 4.98 Å². The van der Waals surface area contributed by atoms with Gasteiger partial charge in [-0.15, -0.1) is 0 Å². The second-order valence-corrected chi connectivity index (χ2v) is 6.00. The van der Waals surface area contributed by atoms with Crippen molar-refractivity contribution in [3.63, 3.8) is 0 Å². The van der Waals surface area contributed by atoms with Crippen LogP contribution in [0.15, 0.2) is 60.8 Å². The summed E-state index contributed by atoms with van der Waals surface area (Å²) >= 11 is 0. The lowest BCUT2D eigenvalue weighted by Gasteiger charge is -2.06. The number of rotatable bonds is 8. The van der Waals surface area contributed by atoms with Gasteiger partial charge in [0.05, 0.1) is 11.3 Å². The van der Waals surface area contributed by atoms with E-state index in [1.807, 2.05) is 13.0 Å². The molecule has 2 rings (SSSR count). The molecule has 1 heterocycles. The molecule has 1 N–H and O–H groups in total. The zero-order valence-electron chi connectivity index (χ0n) is 14.9. The highest BCUT2D eigenvalue weighted by Crippen LogP contribution is 2.22. The predicted octanol–water partition coefficient (Wildman–Crippen LogP) is 5.53. The number of unbranched alkanes of at least 4 members (excludes halogenated alkanes) is 2. The van der Waals surface area contributed by atoms with E-state index in [1.165, 1.54) is 24.8 Å². The lowest BCUT2D eigenvalue weighted by Crippen LogP contribution is -2.01. The van der Waals surface area contributed by atoms with Crippen LogP contribution in [0.25, 0.3) is 16.7 Å². The first-order chi connectivity index (χ1) is 12.2. The molecule has 130 valence electrons. The van der Waals surface area contributed by atoms with Gasteiger partial charge in [-0.1, -0.05) is 62.2 Å². The Labute approximate surface area is 149 Å². The molecule has 0 aliphatic heterocycles. The van der Waals surface area contributed by atoms with E-state index in [9.17, 15) is 9.90 Å². The number of allylic oxidation sites excluding steroid dienone is 3. The number of hydrogen-bond acceptors (Lipinski definition) is 2. The van der Waals surface area contributed by atoms with E-state index in [1.54, 1.807) is 30.5 Å². The summed E-state index contributed by atoms with van der Waals surface area (Å²) in [6.45, 7) is 4.06. The number of carboxylic acid groups (broad SMARTS) is 1. The summed E-state index contributed by atoms with van der Waals surface area (Å²) < 4.78 is 0.